The van der Waals surface area contributed by atoms with E-state index in [0.717, 1.165) is 18.0 Å². The van der Waals surface area contributed by atoms with Crippen molar-refractivity contribution in [2.75, 3.05) is 0 Å². The molecule has 7 heteroatoms. The minimum atomic E-state index is -4.33. The summed E-state index contributed by atoms with van der Waals surface area (Å²) in [4.78, 5) is 0. The number of rotatable bonds is 4. The lowest BCUT2D eigenvalue weighted by Crippen LogP contribution is -2.09. The minimum absolute atomic E-state index is 0.381. The van der Waals surface area contributed by atoms with E-state index in [1.54, 1.807) is 0 Å². The van der Waals surface area contributed by atoms with Crippen molar-refractivity contribution in [3.8, 4) is 11.4 Å². The third kappa shape index (κ3) is 3.64. The lowest BCUT2D eigenvalue weighted by Gasteiger charge is -2.12. The summed E-state index contributed by atoms with van der Waals surface area (Å²) in [6.07, 6.45) is -4.33. The van der Waals surface area contributed by atoms with Crippen LogP contribution in [-0.4, -0.2) is 14.8 Å². The van der Waals surface area contributed by atoms with Gasteiger partial charge in [-0.15, -0.1) is 10.2 Å². The largest absolute Gasteiger partial charge is 0.416 e. The average Bonchev–Trinajstić information content (AvgIpc) is 2.80. The highest BCUT2D eigenvalue weighted by Gasteiger charge is 2.30. The zero-order chi connectivity index (χ0) is 15.6. The zero-order valence-electron chi connectivity index (χ0n) is 11.7. The van der Waals surface area contributed by atoms with Gasteiger partial charge in [-0.3, -0.25) is 0 Å². The van der Waals surface area contributed by atoms with Crippen molar-refractivity contribution in [1.29, 1.82) is 0 Å². The minimum Gasteiger partial charge on any atom is -0.310 e. The maximum Gasteiger partial charge on any atom is 0.416 e. The maximum absolute atomic E-state index is 12.6. The molecule has 1 heterocycles. The Labute approximate surface area is 129 Å². The molecule has 21 heavy (non-hydrogen) atoms. The molecule has 0 N–H and O–H groups in total. The van der Waals surface area contributed by atoms with E-state index < -0.39 is 11.7 Å². The average molecular weight is 362 g/mol. The first-order chi connectivity index (χ1) is 9.82. The van der Waals surface area contributed by atoms with E-state index in [9.17, 15) is 13.2 Å². The highest BCUT2D eigenvalue weighted by Crippen LogP contribution is 2.31. The molecule has 3 nitrogen and oxygen atoms in total. The van der Waals surface area contributed by atoms with Crippen LogP contribution in [0.25, 0.3) is 11.4 Å². The molecular weight excluding hydrogens is 347 g/mol. The summed E-state index contributed by atoms with van der Waals surface area (Å²) in [6, 6.07) is 5.00. The number of hydrogen-bond acceptors (Lipinski definition) is 2. The van der Waals surface area contributed by atoms with Crippen LogP contribution in [0.15, 0.2) is 24.3 Å². The lowest BCUT2D eigenvalue weighted by atomic mass is 10.1. The molecule has 0 spiro atoms. The normalized spacial score (nSPS) is 12.1. The van der Waals surface area contributed by atoms with E-state index in [2.05, 4.69) is 40.0 Å². The topological polar surface area (TPSA) is 30.7 Å². The van der Waals surface area contributed by atoms with Gasteiger partial charge in [-0.1, -0.05) is 41.9 Å². The van der Waals surface area contributed by atoms with Crippen LogP contribution in [0.4, 0.5) is 13.2 Å². The lowest BCUT2D eigenvalue weighted by molar-refractivity contribution is -0.137. The molecule has 0 unspecified atom stereocenters. The Morgan fingerprint density at radius 3 is 2.24 bits per heavy atom. The number of alkyl halides is 4. The van der Waals surface area contributed by atoms with Crippen LogP contribution < -0.4 is 0 Å². The van der Waals surface area contributed by atoms with Crippen LogP contribution in [-0.2, 0) is 18.1 Å². The second-order valence-corrected chi connectivity index (χ2v) is 5.71. The van der Waals surface area contributed by atoms with Gasteiger partial charge in [0.25, 0.3) is 0 Å². The van der Waals surface area contributed by atoms with E-state index in [1.165, 1.54) is 12.1 Å². The van der Waals surface area contributed by atoms with Crippen molar-refractivity contribution in [3.05, 3.63) is 35.7 Å². The molecule has 0 amide bonds. The Morgan fingerprint density at radius 1 is 1.14 bits per heavy atom. The number of benzene rings is 1. The predicted octanol–water partition coefficient (Wildman–Crippen LogP) is 4.51. The Morgan fingerprint density at radius 2 is 1.76 bits per heavy atom. The van der Waals surface area contributed by atoms with Crippen LogP contribution in [0, 0.1) is 5.92 Å². The molecule has 2 aromatic rings. The monoisotopic (exact) mass is 361 g/mol. The molecule has 0 saturated carbocycles. The summed E-state index contributed by atoms with van der Waals surface area (Å²) < 4.78 is 39.7. The predicted molar refractivity (Wildman–Crippen MR) is 77.9 cm³/mol. The summed E-state index contributed by atoms with van der Waals surface area (Å²) in [6.45, 7) is 4.84. The molecule has 0 aliphatic heterocycles. The fraction of sp³-hybridized carbons (Fsp3) is 0.429. The van der Waals surface area contributed by atoms with Crippen LogP contribution in [0.1, 0.15) is 25.2 Å². The highest BCUT2D eigenvalue weighted by atomic mass is 79.9. The molecular formula is C14H15BrF3N3. The van der Waals surface area contributed by atoms with Gasteiger partial charge in [0, 0.05) is 12.1 Å². The molecule has 0 aliphatic rings. The van der Waals surface area contributed by atoms with Crippen LogP contribution >= 0.6 is 15.9 Å². The van der Waals surface area contributed by atoms with Crippen LogP contribution in [0.2, 0.25) is 0 Å². The summed E-state index contributed by atoms with van der Waals surface area (Å²) in [5.74, 6) is 1.73. The van der Waals surface area contributed by atoms with E-state index in [4.69, 9.17) is 0 Å². The molecule has 114 valence electrons. The van der Waals surface area contributed by atoms with Crippen molar-refractivity contribution < 1.29 is 13.2 Å². The molecule has 0 saturated heterocycles. The van der Waals surface area contributed by atoms with Crippen molar-refractivity contribution in [2.45, 2.75) is 31.9 Å². The first kappa shape index (κ1) is 16.0. The second-order valence-electron chi connectivity index (χ2n) is 5.15. The highest BCUT2D eigenvalue weighted by molar-refractivity contribution is 9.08. The maximum atomic E-state index is 12.6. The van der Waals surface area contributed by atoms with Crippen molar-refractivity contribution in [1.82, 2.24) is 14.8 Å². The van der Waals surface area contributed by atoms with E-state index in [-0.39, 0.29) is 0 Å². The molecule has 0 fully saturated rings. The van der Waals surface area contributed by atoms with E-state index >= 15 is 0 Å². The smallest absolute Gasteiger partial charge is 0.310 e. The Bertz CT molecular complexity index is 603. The second kappa shape index (κ2) is 6.17. The molecule has 0 bridgehead atoms. The Balaban J connectivity index is 2.40. The van der Waals surface area contributed by atoms with Gasteiger partial charge < -0.3 is 4.57 Å². The summed E-state index contributed by atoms with van der Waals surface area (Å²) >= 11 is 3.35. The summed E-state index contributed by atoms with van der Waals surface area (Å²) in [5.41, 5.74) is -0.0368. The third-order valence-corrected chi connectivity index (χ3v) is 3.47. The SMILES string of the molecule is CC(C)Cn1c(CBr)nnc1-c1ccc(C(F)(F)F)cc1. The third-order valence-electron chi connectivity index (χ3n) is 2.97. The molecule has 0 aliphatic carbocycles. The van der Waals surface area contributed by atoms with Gasteiger partial charge in [0.2, 0.25) is 0 Å². The van der Waals surface area contributed by atoms with E-state index in [1.807, 2.05) is 4.57 Å². The number of halogens is 4. The molecule has 1 aromatic carbocycles. The quantitative estimate of drug-likeness (QED) is 0.749. The molecule has 1 aromatic heterocycles. The van der Waals surface area contributed by atoms with Crippen LogP contribution in [0.3, 0.4) is 0 Å². The fourth-order valence-corrected chi connectivity index (χ4v) is 2.43. The zero-order valence-corrected chi connectivity index (χ0v) is 13.2. The Hall–Kier alpha value is -1.37. The van der Waals surface area contributed by atoms with Crippen molar-refractivity contribution in [2.24, 2.45) is 5.92 Å². The first-order valence-corrected chi connectivity index (χ1v) is 7.60. The number of aromatic nitrogens is 3. The van der Waals surface area contributed by atoms with Gasteiger partial charge in [0.05, 0.1) is 10.9 Å². The molecule has 0 radical (unpaired) electrons. The van der Waals surface area contributed by atoms with Crippen molar-refractivity contribution in [3.63, 3.8) is 0 Å². The van der Waals surface area contributed by atoms with Gasteiger partial charge in [0.15, 0.2) is 5.82 Å². The first-order valence-electron chi connectivity index (χ1n) is 6.48. The standard InChI is InChI=1S/C14H15BrF3N3/c1-9(2)8-21-12(7-15)19-20-13(21)10-3-5-11(6-4-10)14(16,17)18/h3-6,9H,7-8H2,1-2H3. The van der Waals surface area contributed by atoms with Gasteiger partial charge in [0.1, 0.15) is 5.82 Å². The molecule has 0 atom stereocenters. The van der Waals surface area contributed by atoms with Gasteiger partial charge in [-0.2, -0.15) is 13.2 Å². The molecule has 2 rings (SSSR count). The van der Waals surface area contributed by atoms with Gasteiger partial charge >= 0.3 is 6.18 Å². The Kier molecular flexibility index (Phi) is 4.70. The van der Waals surface area contributed by atoms with Crippen LogP contribution in [0.5, 0.6) is 0 Å². The van der Waals surface area contributed by atoms with Gasteiger partial charge in [-0.05, 0) is 18.1 Å². The summed E-state index contributed by atoms with van der Waals surface area (Å²) in [7, 11) is 0. The summed E-state index contributed by atoms with van der Waals surface area (Å²) in [5, 5.41) is 8.73. The number of hydrogen-bond donors (Lipinski definition) is 0. The number of nitrogens with zero attached hydrogens (tertiary/aromatic N) is 3. The van der Waals surface area contributed by atoms with Gasteiger partial charge in [-0.25, -0.2) is 0 Å². The van der Waals surface area contributed by atoms with E-state index in [0.29, 0.717) is 29.2 Å². The fourth-order valence-electron chi connectivity index (χ4n) is 2.01. The van der Waals surface area contributed by atoms with Crippen molar-refractivity contribution >= 4 is 15.9 Å².